The van der Waals surface area contributed by atoms with Gasteiger partial charge in [0, 0.05) is 17.3 Å². The number of methoxy groups -OCH3 is 3. The molecule has 26 heavy (non-hydrogen) atoms. The number of nitrogens with one attached hydrogen (secondary N) is 1. The number of hydrogen-bond acceptors (Lipinski definition) is 5. The Morgan fingerprint density at radius 3 is 2.27 bits per heavy atom. The smallest absolute Gasteiger partial charge is 0.266 e. The van der Waals surface area contributed by atoms with E-state index in [9.17, 15) is 10.1 Å². The Morgan fingerprint density at radius 2 is 1.65 bits per heavy atom. The lowest BCUT2D eigenvalue weighted by molar-refractivity contribution is -0.112. The van der Waals surface area contributed by atoms with Gasteiger partial charge in [-0.15, -0.1) is 0 Å². The third-order valence-corrected chi connectivity index (χ3v) is 3.69. The van der Waals surface area contributed by atoms with Crippen molar-refractivity contribution in [2.24, 2.45) is 0 Å². The topological polar surface area (TPSA) is 80.6 Å². The molecule has 0 bridgehead atoms. The van der Waals surface area contributed by atoms with Crippen molar-refractivity contribution >= 4 is 17.7 Å². The maximum Gasteiger partial charge on any atom is 0.266 e. The lowest BCUT2D eigenvalue weighted by Crippen LogP contribution is -2.13. The van der Waals surface area contributed by atoms with E-state index < -0.39 is 5.91 Å². The lowest BCUT2D eigenvalue weighted by Gasteiger charge is -2.10. The summed E-state index contributed by atoms with van der Waals surface area (Å²) in [4.78, 5) is 12.5. The Bertz CT molecular complexity index is 882. The molecular formula is C20H20N2O4. The first kappa shape index (κ1) is 18.9. The summed E-state index contributed by atoms with van der Waals surface area (Å²) in [7, 11) is 4.58. The van der Waals surface area contributed by atoms with Crippen molar-refractivity contribution in [3.63, 3.8) is 0 Å². The molecule has 0 radical (unpaired) electrons. The molecule has 6 heteroatoms. The van der Waals surface area contributed by atoms with Gasteiger partial charge in [-0.3, -0.25) is 4.79 Å². The van der Waals surface area contributed by atoms with Crippen LogP contribution in [-0.4, -0.2) is 27.2 Å². The molecule has 0 aromatic heterocycles. The second kappa shape index (κ2) is 8.58. The van der Waals surface area contributed by atoms with E-state index in [-0.39, 0.29) is 5.57 Å². The number of benzene rings is 2. The molecule has 0 unspecified atom stereocenters. The fraction of sp³-hybridized carbons (Fsp3) is 0.200. The predicted molar refractivity (Wildman–Crippen MR) is 99.5 cm³/mol. The summed E-state index contributed by atoms with van der Waals surface area (Å²) in [5, 5.41) is 12.1. The van der Waals surface area contributed by atoms with Crippen LogP contribution in [0.1, 0.15) is 11.1 Å². The molecule has 0 aliphatic carbocycles. The zero-order chi connectivity index (χ0) is 19.1. The molecule has 2 aromatic rings. The molecule has 2 rings (SSSR count). The summed E-state index contributed by atoms with van der Waals surface area (Å²) in [6, 6.07) is 12.4. The highest BCUT2D eigenvalue weighted by atomic mass is 16.5. The molecule has 6 nitrogen and oxygen atoms in total. The van der Waals surface area contributed by atoms with E-state index in [1.165, 1.54) is 27.4 Å². The molecule has 0 fully saturated rings. The fourth-order valence-electron chi connectivity index (χ4n) is 2.38. The predicted octanol–water partition coefficient (Wildman–Crippen LogP) is 3.57. The Kier molecular flexibility index (Phi) is 6.23. The van der Waals surface area contributed by atoms with Crippen LogP contribution in [0.5, 0.6) is 17.2 Å². The van der Waals surface area contributed by atoms with Gasteiger partial charge in [-0.2, -0.15) is 5.26 Å². The quantitative estimate of drug-likeness (QED) is 0.635. The van der Waals surface area contributed by atoms with E-state index in [1.54, 1.807) is 24.3 Å². The highest BCUT2D eigenvalue weighted by Crippen LogP contribution is 2.30. The van der Waals surface area contributed by atoms with Gasteiger partial charge in [0.25, 0.3) is 5.91 Å². The fourth-order valence-corrected chi connectivity index (χ4v) is 2.38. The Hall–Kier alpha value is -3.46. The number of nitriles is 1. The van der Waals surface area contributed by atoms with Crippen LogP contribution in [0.2, 0.25) is 0 Å². The van der Waals surface area contributed by atoms with Gasteiger partial charge in [-0.1, -0.05) is 11.6 Å². The summed E-state index contributed by atoms with van der Waals surface area (Å²) in [5.74, 6) is 1.09. The summed E-state index contributed by atoms with van der Waals surface area (Å²) < 4.78 is 15.7. The van der Waals surface area contributed by atoms with Gasteiger partial charge in [-0.05, 0) is 37.3 Å². The molecule has 0 spiro atoms. The van der Waals surface area contributed by atoms with Crippen molar-refractivity contribution in [1.82, 2.24) is 0 Å². The van der Waals surface area contributed by atoms with Gasteiger partial charge in [0.05, 0.1) is 21.3 Å². The van der Waals surface area contributed by atoms with Gasteiger partial charge >= 0.3 is 0 Å². The van der Waals surface area contributed by atoms with Crippen LogP contribution >= 0.6 is 0 Å². The van der Waals surface area contributed by atoms with E-state index in [2.05, 4.69) is 5.32 Å². The largest absolute Gasteiger partial charge is 0.496 e. The Balaban J connectivity index is 2.30. The number of rotatable bonds is 6. The molecular weight excluding hydrogens is 332 g/mol. The monoisotopic (exact) mass is 352 g/mol. The van der Waals surface area contributed by atoms with E-state index in [0.717, 1.165) is 5.56 Å². The van der Waals surface area contributed by atoms with E-state index in [4.69, 9.17) is 14.2 Å². The van der Waals surface area contributed by atoms with Crippen molar-refractivity contribution in [2.75, 3.05) is 26.6 Å². The zero-order valence-corrected chi connectivity index (χ0v) is 15.1. The first-order valence-electron chi connectivity index (χ1n) is 7.82. The van der Waals surface area contributed by atoms with Gasteiger partial charge in [-0.25, -0.2) is 0 Å². The molecule has 0 saturated heterocycles. The number of amides is 1. The first-order valence-corrected chi connectivity index (χ1v) is 7.82. The third kappa shape index (κ3) is 4.33. The van der Waals surface area contributed by atoms with Crippen molar-refractivity contribution in [3.8, 4) is 23.3 Å². The van der Waals surface area contributed by atoms with Crippen LogP contribution < -0.4 is 19.5 Å². The van der Waals surface area contributed by atoms with E-state index in [0.29, 0.717) is 28.5 Å². The summed E-state index contributed by atoms with van der Waals surface area (Å²) >= 11 is 0. The minimum Gasteiger partial charge on any atom is -0.496 e. The molecule has 0 atom stereocenters. The molecule has 134 valence electrons. The number of carbonyl (C=O) groups is 1. The number of carbonyl (C=O) groups excluding carboxylic acids is 1. The molecule has 1 N–H and O–H groups in total. The summed E-state index contributed by atoms with van der Waals surface area (Å²) in [6.45, 7) is 1.92. The molecule has 1 amide bonds. The zero-order valence-electron chi connectivity index (χ0n) is 15.1. The van der Waals surface area contributed by atoms with Crippen LogP contribution in [0, 0.1) is 18.3 Å². The SMILES string of the molecule is COc1ccc(C)cc1/C=C(\C#N)C(=O)Nc1ccc(OC)c(OC)c1. The van der Waals surface area contributed by atoms with Crippen molar-refractivity contribution < 1.29 is 19.0 Å². The van der Waals surface area contributed by atoms with Crippen molar-refractivity contribution in [2.45, 2.75) is 6.92 Å². The molecule has 2 aromatic carbocycles. The number of aryl methyl sites for hydroxylation is 1. The number of ether oxygens (including phenoxy) is 3. The summed E-state index contributed by atoms with van der Waals surface area (Å²) in [5.41, 5.74) is 2.11. The maximum atomic E-state index is 12.5. The Morgan fingerprint density at radius 1 is 1.00 bits per heavy atom. The first-order chi connectivity index (χ1) is 12.5. The minimum absolute atomic E-state index is 0.0383. The molecule has 0 saturated carbocycles. The summed E-state index contributed by atoms with van der Waals surface area (Å²) in [6.07, 6.45) is 1.50. The average molecular weight is 352 g/mol. The second-order valence-electron chi connectivity index (χ2n) is 5.44. The highest BCUT2D eigenvalue weighted by Gasteiger charge is 2.13. The highest BCUT2D eigenvalue weighted by molar-refractivity contribution is 6.10. The standard InChI is InChI=1S/C20H20N2O4/c1-13-5-7-17(24-2)14(9-13)10-15(12-21)20(23)22-16-6-8-18(25-3)19(11-16)26-4/h5-11H,1-4H3,(H,22,23)/b15-10+. The Labute approximate surface area is 152 Å². The number of nitrogens with zero attached hydrogens (tertiary/aromatic N) is 1. The lowest BCUT2D eigenvalue weighted by atomic mass is 10.1. The van der Waals surface area contributed by atoms with Crippen LogP contribution in [0.25, 0.3) is 6.08 Å². The van der Waals surface area contributed by atoms with Crippen molar-refractivity contribution in [1.29, 1.82) is 5.26 Å². The van der Waals surface area contributed by atoms with Crippen LogP contribution in [0.3, 0.4) is 0 Å². The second-order valence-corrected chi connectivity index (χ2v) is 5.44. The van der Waals surface area contributed by atoms with Crippen molar-refractivity contribution in [3.05, 3.63) is 53.1 Å². The van der Waals surface area contributed by atoms with Crippen LogP contribution in [-0.2, 0) is 4.79 Å². The molecule has 0 heterocycles. The molecule has 0 aliphatic heterocycles. The number of anilines is 1. The third-order valence-electron chi connectivity index (χ3n) is 3.69. The van der Waals surface area contributed by atoms with E-state index in [1.807, 2.05) is 25.1 Å². The van der Waals surface area contributed by atoms with Crippen LogP contribution in [0.4, 0.5) is 5.69 Å². The maximum absolute atomic E-state index is 12.5. The molecule has 0 aliphatic rings. The normalized spacial score (nSPS) is 10.7. The number of hydrogen-bond donors (Lipinski definition) is 1. The van der Waals surface area contributed by atoms with Gasteiger partial charge in [0.1, 0.15) is 17.4 Å². The van der Waals surface area contributed by atoms with Gasteiger partial charge < -0.3 is 19.5 Å². The van der Waals surface area contributed by atoms with E-state index >= 15 is 0 Å². The van der Waals surface area contributed by atoms with Gasteiger partial charge in [0.2, 0.25) is 0 Å². The van der Waals surface area contributed by atoms with Gasteiger partial charge in [0.15, 0.2) is 11.5 Å². The van der Waals surface area contributed by atoms with Crippen LogP contribution in [0.15, 0.2) is 42.0 Å². The minimum atomic E-state index is -0.525. The average Bonchev–Trinajstić information content (AvgIpc) is 2.65.